The maximum atomic E-state index is 13.4. The number of fused-ring (bicyclic) bond motifs is 2. The Morgan fingerprint density at radius 1 is 0.935 bits per heavy atom. The molecule has 2 heterocycles. The van der Waals surface area contributed by atoms with Crippen molar-refractivity contribution < 1.29 is 8.42 Å². The van der Waals surface area contributed by atoms with Crippen LogP contribution in [0, 0.1) is 20.8 Å². The van der Waals surface area contributed by atoms with Gasteiger partial charge in [0.1, 0.15) is 5.82 Å². The van der Waals surface area contributed by atoms with Crippen LogP contribution < -0.4 is 0 Å². The van der Waals surface area contributed by atoms with E-state index in [9.17, 15) is 8.42 Å². The van der Waals surface area contributed by atoms with Crippen molar-refractivity contribution in [3.63, 3.8) is 0 Å². The number of rotatable bonds is 4. The number of benzene rings is 3. The number of para-hydroxylation sites is 2. The Bertz CT molecular complexity index is 1510. The second kappa shape index (κ2) is 7.10. The van der Waals surface area contributed by atoms with E-state index in [4.69, 9.17) is 4.98 Å². The Morgan fingerprint density at radius 3 is 2.42 bits per heavy atom. The first-order chi connectivity index (χ1) is 14.8. The van der Waals surface area contributed by atoms with E-state index < -0.39 is 10.0 Å². The zero-order valence-electron chi connectivity index (χ0n) is 17.7. The maximum Gasteiger partial charge on any atom is 0.268 e. The molecule has 0 aliphatic carbocycles. The number of aromatic nitrogens is 3. The van der Waals surface area contributed by atoms with Gasteiger partial charge in [0, 0.05) is 18.0 Å². The SMILES string of the molecule is Cc1ccc(S(=O)(=O)n2ccc3c(Cc4nc5ccccc5[nH]4)c(C)cc(C)c32)cc1. The maximum absolute atomic E-state index is 13.4. The molecule has 6 heteroatoms. The van der Waals surface area contributed by atoms with Crippen molar-refractivity contribution in [3.8, 4) is 0 Å². The summed E-state index contributed by atoms with van der Waals surface area (Å²) in [6.45, 7) is 5.97. The molecular formula is C25H23N3O2S. The van der Waals surface area contributed by atoms with Gasteiger partial charge in [-0.15, -0.1) is 0 Å². The minimum absolute atomic E-state index is 0.286. The molecule has 0 atom stereocenters. The second-order valence-electron chi connectivity index (χ2n) is 8.06. The molecule has 0 spiro atoms. The van der Waals surface area contributed by atoms with Gasteiger partial charge in [0.15, 0.2) is 0 Å². The molecule has 31 heavy (non-hydrogen) atoms. The summed E-state index contributed by atoms with van der Waals surface area (Å²) in [7, 11) is -3.69. The van der Waals surface area contributed by atoms with Crippen molar-refractivity contribution in [1.29, 1.82) is 0 Å². The summed E-state index contributed by atoms with van der Waals surface area (Å²) >= 11 is 0. The summed E-state index contributed by atoms with van der Waals surface area (Å²) in [6, 6.07) is 18.9. The first-order valence-electron chi connectivity index (χ1n) is 10.2. The molecule has 5 aromatic rings. The molecular weight excluding hydrogens is 406 g/mol. The van der Waals surface area contributed by atoms with Crippen LogP contribution in [-0.2, 0) is 16.4 Å². The topological polar surface area (TPSA) is 67.8 Å². The molecule has 3 aromatic carbocycles. The zero-order chi connectivity index (χ0) is 21.8. The van der Waals surface area contributed by atoms with E-state index >= 15 is 0 Å². The van der Waals surface area contributed by atoms with E-state index in [-0.39, 0.29) is 4.90 Å². The van der Waals surface area contributed by atoms with Crippen LogP contribution in [-0.4, -0.2) is 22.4 Å². The van der Waals surface area contributed by atoms with Gasteiger partial charge in [0.05, 0.1) is 21.4 Å². The first-order valence-corrected chi connectivity index (χ1v) is 11.6. The van der Waals surface area contributed by atoms with E-state index in [2.05, 4.69) is 18.0 Å². The largest absolute Gasteiger partial charge is 0.342 e. The first kappa shape index (κ1) is 19.6. The van der Waals surface area contributed by atoms with Gasteiger partial charge >= 0.3 is 0 Å². The summed E-state index contributed by atoms with van der Waals surface area (Å²) in [5.74, 6) is 0.864. The van der Waals surface area contributed by atoms with Gasteiger partial charge in [-0.3, -0.25) is 0 Å². The third-order valence-electron chi connectivity index (χ3n) is 5.82. The lowest BCUT2D eigenvalue weighted by molar-refractivity contribution is 0.589. The summed E-state index contributed by atoms with van der Waals surface area (Å²) in [5.41, 5.74) is 6.81. The lowest BCUT2D eigenvalue weighted by Crippen LogP contribution is -2.12. The predicted molar refractivity (Wildman–Crippen MR) is 124 cm³/mol. The molecule has 5 rings (SSSR count). The van der Waals surface area contributed by atoms with Crippen molar-refractivity contribution in [2.24, 2.45) is 0 Å². The number of imidazole rings is 1. The molecule has 0 unspecified atom stereocenters. The van der Waals surface area contributed by atoms with E-state index in [1.54, 1.807) is 18.3 Å². The molecule has 1 N–H and O–H groups in total. The lowest BCUT2D eigenvalue weighted by atomic mass is 9.98. The van der Waals surface area contributed by atoms with Crippen LogP contribution >= 0.6 is 0 Å². The van der Waals surface area contributed by atoms with E-state index in [0.717, 1.165) is 50.0 Å². The predicted octanol–water partition coefficient (Wildman–Crippen LogP) is 5.27. The van der Waals surface area contributed by atoms with Crippen LogP contribution in [0.2, 0.25) is 0 Å². The fraction of sp³-hybridized carbons (Fsp3) is 0.160. The minimum atomic E-state index is -3.69. The lowest BCUT2D eigenvalue weighted by Gasteiger charge is -2.13. The van der Waals surface area contributed by atoms with Gasteiger partial charge in [-0.1, -0.05) is 35.9 Å². The summed E-state index contributed by atoms with van der Waals surface area (Å²) in [6.07, 6.45) is 2.26. The Hall–Kier alpha value is -3.38. The van der Waals surface area contributed by atoms with E-state index in [1.165, 1.54) is 3.97 Å². The number of hydrogen-bond acceptors (Lipinski definition) is 3. The highest BCUT2D eigenvalue weighted by Crippen LogP contribution is 2.31. The third-order valence-corrected chi connectivity index (χ3v) is 7.51. The fourth-order valence-corrected chi connectivity index (χ4v) is 5.66. The molecule has 0 amide bonds. The standard InChI is InChI=1S/C25H23N3O2S/c1-16-8-10-19(11-9-16)31(29,30)28-13-12-20-21(17(2)14-18(3)25(20)28)15-24-26-22-6-4-5-7-23(22)27-24/h4-14H,15H2,1-3H3,(H,26,27). The van der Waals surface area contributed by atoms with Gasteiger partial charge < -0.3 is 4.98 Å². The number of hydrogen-bond donors (Lipinski definition) is 1. The van der Waals surface area contributed by atoms with Gasteiger partial charge in [-0.05, 0) is 67.8 Å². The van der Waals surface area contributed by atoms with Gasteiger partial charge in [0.2, 0.25) is 0 Å². The average Bonchev–Trinajstić information content (AvgIpc) is 3.36. The van der Waals surface area contributed by atoms with E-state index in [1.807, 2.05) is 56.3 Å². The highest BCUT2D eigenvalue weighted by molar-refractivity contribution is 7.90. The van der Waals surface area contributed by atoms with Gasteiger partial charge in [0.25, 0.3) is 10.0 Å². The molecule has 0 fully saturated rings. The molecule has 2 aromatic heterocycles. The van der Waals surface area contributed by atoms with Crippen LogP contribution in [0.5, 0.6) is 0 Å². The third kappa shape index (κ3) is 3.24. The summed E-state index contributed by atoms with van der Waals surface area (Å²) in [4.78, 5) is 8.38. The number of nitrogens with one attached hydrogen (secondary N) is 1. The highest BCUT2D eigenvalue weighted by Gasteiger charge is 2.22. The Labute approximate surface area is 181 Å². The van der Waals surface area contributed by atoms with Crippen molar-refractivity contribution in [3.05, 3.63) is 94.9 Å². The van der Waals surface area contributed by atoms with Crippen LogP contribution in [0.4, 0.5) is 0 Å². The number of aromatic amines is 1. The molecule has 156 valence electrons. The number of nitrogens with zero attached hydrogens (tertiary/aromatic N) is 2. The molecule has 0 aliphatic heterocycles. The summed E-state index contributed by atoms with van der Waals surface area (Å²) < 4.78 is 28.2. The van der Waals surface area contributed by atoms with Crippen molar-refractivity contribution in [1.82, 2.24) is 13.9 Å². The smallest absolute Gasteiger partial charge is 0.268 e. The minimum Gasteiger partial charge on any atom is -0.342 e. The van der Waals surface area contributed by atoms with Crippen LogP contribution in [0.25, 0.3) is 21.9 Å². The number of aryl methyl sites for hydroxylation is 3. The zero-order valence-corrected chi connectivity index (χ0v) is 18.5. The van der Waals surface area contributed by atoms with Crippen molar-refractivity contribution in [2.45, 2.75) is 32.1 Å². The highest BCUT2D eigenvalue weighted by atomic mass is 32.2. The molecule has 0 bridgehead atoms. The van der Waals surface area contributed by atoms with Crippen LogP contribution in [0.1, 0.15) is 28.1 Å². The normalized spacial score (nSPS) is 12.1. The van der Waals surface area contributed by atoms with Crippen molar-refractivity contribution >= 4 is 32.0 Å². The fourth-order valence-electron chi connectivity index (χ4n) is 4.25. The molecule has 0 radical (unpaired) electrons. The Balaban J connectivity index is 1.66. The van der Waals surface area contributed by atoms with Gasteiger partial charge in [-0.2, -0.15) is 0 Å². The van der Waals surface area contributed by atoms with E-state index in [0.29, 0.717) is 6.42 Å². The molecule has 5 nitrogen and oxygen atoms in total. The van der Waals surface area contributed by atoms with Crippen LogP contribution in [0.3, 0.4) is 0 Å². The average molecular weight is 430 g/mol. The Morgan fingerprint density at radius 2 is 1.68 bits per heavy atom. The molecule has 0 aliphatic rings. The summed E-state index contributed by atoms with van der Waals surface area (Å²) in [5, 5.41) is 0.939. The monoisotopic (exact) mass is 429 g/mol. The number of H-pyrrole nitrogens is 1. The van der Waals surface area contributed by atoms with Gasteiger partial charge in [-0.25, -0.2) is 17.4 Å². The molecule has 0 saturated carbocycles. The molecule has 0 saturated heterocycles. The quantitative estimate of drug-likeness (QED) is 0.423. The second-order valence-corrected chi connectivity index (χ2v) is 9.87. The Kier molecular flexibility index (Phi) is 4.48. The van der Waals surface area contributed by atoms with Crippen LogP contribution in [0.15, 0.2) is 71.8 Å². The van der Waals surface area contributed by atoms with Crippen molar-refractivity contribution in [2.75, 3.05) is 0 Å².